The molecule has 0 aliphatic rings. The molecule has 0 fully saturated rings. The summed E-state index contributed by atoms with van der Waals surface area (Å²) in [5, 5.41) is 23.6. The molecule has 0 bridgehead atoms. The summed E-state index contributed by atoms with van der Waals surface area (Å²) in [5.74, 6) is -0.478. The van der Waals surface area contributed by atoms with Gasteiger partial charge in [0.2, 0.25) is 5.91 Å². The van der Waals surface area contributed by atoms with E-state index in [0.29, 0.717) is 19.3 Å². The average Bonchev–Trinajstić information content (AvgIpc) is 3.16. The fourth-order valence-electron chi connectivity index (χ4n) is 7.43. The summed E-state index contributed by atoms with van der Waals surface area (Å²) in [6.07, 6.45) is 45.7. The van der Waals surface area contributed by atoms with Gasteiger partial charge >= 0.3 is 5.97 Å². The van der Waals surface area contributed by atoms with Crippen LogP contribution in [0.4, 0.5) is 0 Å². The highest BCUT2D eigenvalue weighted by molar-refractivity contribution is 5.77. The summed E-state index contributed by atoms with van der Waals surface area (Å²) in [7, 11) is 0. The highest BCUT2D eigenvalue weighted by Gasteiger charge is 2.24. The average molecular weight is 764 g/mol. The maximum Gasteiger partial charge on any atom is 0.306 e. The summed E-state index contributed by atoms with van der Waals surface area (Å²) in [4.78, 5) is 25.9. The Morgan fingerprint density at radius 2 is 0.889 bits per heavy atom. The third kappa shape index (κ3) is 37.5. The summed E-state index contributed by atoms with van der Waals surface area (Å²) >= 11 is 0. The lowest BCUT2D eigenvalue weighted by atomic mass is 10.0. The maximum atomic E-state index is 13.1. The van der Waals surface area contributed by atoms with Crippen molar-refractivity contribution in [2.75, 3.05) is 6.61 Å². The monoisotopic (exact) mass is 764 g/mol. The smallest absolute Gasteiger partial charge is 0.306 e. The second-order valence-electron chi connectivity index (χ2n) is 16.5. The molecule has 0 saturated heterocycles. The largest absolute Gasteiger partial charge is 0.462 e. The normalized spacial score (nSPS) is 13.4. The Bertz CT molecular complexity index is 817. The summed E-state index contributed by atoms with van der Waals surface area (Å²) in [6.45, 7) is 6.44. The lowest BCUT2D eigenvalue weighted by molar-refractivity contribution is -0.151. The lowest BCUT2D eigenvalue weighted by Crippen LogP contribution is -2.46. The van der Waals surface area contributed by atoms with Crippen molar-refractivity contribution in [2.45, 2.75) is 277 Å². The van der Waals surface area contributed by atoms with E-state index in [4.69, 9.17) is 4.74 Å². The van der Waals surface area contributed by atoms with E-state index in [-0.39, 0.29) is 24.9 Å². The van der Waals surface area contributed by atoms with Crippen LogP contribution in [0.25, 0.3) is 0 Å². The van der Waals surface area contributed by atoms with Crippen LogP contribution in [0.2, 0.25) is 0 Å². The van der Waals surface area contributed by atoms with Gasteiger partial charge in [0.15, 0.2) is 0 Å². The van der Waals surface area contributed by atoms with Gasteiger partial charge in [0, 0.05) is 6.42 Å². The van der Waals surface area contributed by atoms with Crippen LogP contribution in [-0.4, -0.2) is 46.9 Å². The molecule has 3 atom stereocenters. The highest BCUT2D eigenvalue weighted by atomic mass is 16.5. The Hall–Kier alpha value is -1.40. The topological polar surface area (TPSA) is 95.9 Å². The van der Waals surface area contributed by atoms with Crippen LogP contribution in [0.5, 0.6) is 0 Å². The van der Waals surface area contributed by atoms with E-state index in [9.17, 15) is 19.8 Å². The molecule has 0 rings (SSSR count). The molecule has 0 aromatic rings. The molecule has 3 N–H and O–H groups in total. The van der Waals surface area contributed by atoms with Gasteiger partial charge in [0.1, 0.15) is 6.10 Å². The van der Waals surface area contributed by atoms with E-state index in [1.807, 2.05) is 0 Å². The molecule has 0 heterocycles. The van der Waals surface area contributed by atoms with Crippen LogP contribution in [-0.2, 0) is 14.3 Å². The second-order valence-corrected chi connectivity index (χ2v) is 16.5. The van der Waals surface area contributed by atoms with Crippen molar-refractivity contribution in [3.63, 3.8) is 0 Å². The summed E-state index contributed by atoms with van der Waals surface area (Å²) in [6, 6.07) is -0.693. The number of carbonyl (C=O) groups excluding carboxylic acids is 2. The van der Waals surface area contributed by atoms with Gasteiger partial charge in [-0.3, -0.25) is 9.59 Å². The first kappa shape index (κ1) is 52.6. The number of carbonyl (C=O) groups is 2. The first-order chi connectivity index (χ1) is 26.5. The Labute approximate surface area is 336 Å². The molecule has 54 heavy (non-hydrogen) atoms. The Kier molecular flexibility index (Phi) is 41.6. The number of amides is 1. The molecule has 0 radical (unpaired) electrons. The SMILES string of the molecule is CCCCCCCCCCC/C=C/CCCCCCCC(=O)OC(CCCCCCCCC)CC(=O)NC(CO)C(O)CCCCCCCCCCCC. The van der Waals surface area contributed by atoms with Crippen LogP contribution in [0.3, 0.4) is 0 Å². The van der Waals surface area contributed by atoms with E-state index in [1.165, 1.54) is 161 Å². The highest BCUT2D eigenvalue weighted by Crippen LogP contribution is 2.18. The third-order valence-electron chi connectivity index (χ3n) is 11.1. The molecule has 0 saturated carbocycles. The molecule has 3 unspecified atom stereocenters. The van der Waals surface area contributed by atoms with E-state index < -0.39 is 18.2 Å². The Morgan fingerprint density at radius 1 is 0.519 bits per heavy atom. The number of unbranched alkanes of at least 4 members (excludes halogenated alkanes) is 29. The van der Waals surface area contributed by atoms with Crippen LogP contribution in [0.15, 0.2) is 12.2 Å². The summed E-state index contributed by atoms with van der Waals surface area (Å²) in [5.41, 5.74) is 0. The van der Waals surface area contributed by atoms with Crippen molar-refractivity contribution in [3.8, 4) is 0 Å². The molecule has 0 aromatic carbocycles. The molecule has 0 aromatic heterocycles. The number of aliphatic hydroxyl groups is 2. The lowest BCUT2D eigenvalue weighted by Gasteiger charge is -2.24. The molecular weight excluding hydrogens is 671 g/mol. The Morgan fingerprint density at radius 3 is 1.31 bits per heavy atom. The fourth-order valence-corrected chi connectivity index (χ4v) is 7.43. The predicted molar refractivity (Wildman–Crippen MR) is 232 cm³/mol. The minimum absolute atomic E-state index is 0.0791. The van der Waals surface area contributed by atoms with Crippen LogP contribution in [0, 0.1) is 0 Å². The van der Waals surface area contributed by atoms with Crippen LogP contribution in [0.1, 0.15) is 258 Å². The third-order valence-corrected chi connectivity index (χ3v) is 11.1. The predicted octanol–water partition coefficient (Wildman–Crippen LogP) is 13.8. The number of allylic oxidation sites excluding steroid dienone is 2. The van der Waals surface area contributed by atoms with Crippen molar-refractivity contribution in [1.82, 2.24) is 5.32 Å². The maximum absolute atomic E-state index is 13.1. The summed E-state index contributed by atoms with van der Waals surface area (Å²) < 4.78 is 5.88. The Balaban J connectivity index is 4.36. The number of nitrogens with one attached hydrogen (secondary N) is 1. The van der Waals surface area contributed by atoms with Gasteiger partial charge in [-0.1, -0.05) is 206 Å². The quantitative estimate of drug-likeness (QED) is 0.0326. The van der Waals surface area contributed by atoms with Gasteiger partial charge in [-0.05, 0) is 51.4 Å². The van der Waals surface area contributed by atoms with Gasteiger partial charge in [-0.2, -0.15) is 0 Å². The van der Waals surface area contributed by atoms with Gasteiger partial charge in [0.05, 0.1) is 25.2 Å². The molecule has 1 amide bonds. The minimum atomic E-state index is -0.780. The number of aliphatic hydroxyl groups excluding tert-OH is 2. The van der Waals surface area contributed by atoms with Gasteiger partial charge < -0.3 is 20.3 Å². The van der Waals surface area contributed by atoms with Crippen molar-refractivity contribution >= 4 is 11.9 Å². The van der Waals surface area contributed by atoms with Crippen molar-refractivity contribution in [1.29, 1.82) is 0 Å². The van der Waals surface area contributed by atoms with Crippen LogP contribution >= 0.6 is 0 Å². The fraction of sp³-hybridized carbons (Fsp3) is 0.917. The standard InChI is InChI=1S/C48H93NO5/c1-4-7-10-13-16-18-20-21-22-23-24-25-26-27-29-32-35-38-41-48(53)54-44(39-36-33-30-15-12-9-6-3)42-47(52)49-45(43-50)46(51)40-37-34-31-28-19-17-14-11-8-5-2/h24-25,44-46,50-51H,4-23,26-43H2,1-3H3,(H,49,52)/b25-24+. The molecule has 6 heteroatoms. The molecular formula is C48H93NO5. The minimum Gasteiger partial charge on any atom is -0.462 e. The van der Waals surface area contributed by atoms with Gasteiger partial charge in [0.25, 0.3) is 0 Å². The zero-order valence-electron chi connectivity index (χ0n) is 36.4. The van der Waals surface area contributed by atoms with Crippen LogP contribution < -0.4 is 5.32 Å². The first-order valence-corrected chi connectivity index (χ1v) is 23.9. The van der Waals surface area contributed by atoms with E-state index >= 15 is 0 Å². The molecule has 320 valence electrons. The molecule has 0 aliphatic heterocycles. The van der Waals surface area contributed by atoms with Crippen molar-refractivity contribution in [2.24, 2.45) is 0 Å². The number of rotatable bonds is 43. The molecule has 0 aliphatic carbocycles. The number of hydrogen-bond donors (Lipinski definition) is 3. The zero-order valence-corrected chi connectivity index (χ0v) is 36.4. The first-order valence-electron chi connectivity index (χ1n) is 23.9. The molecule has 6 nitrogen and oxygen atoms in total. The van der Waals surface area contributed by atoms with Crippen molar-refractivity contribution in [3.05, 3.63) is 12.2 Å². The van der Waals surface area contributed by atoms with E-state index in [0.717, 1.165) is 51.4 Å². The number of ether oxygens (including phenoxy) is 1. The van der Waals surface area contributed by atoms with Crippen molar-refractivity contribution < 1.29 is 24.5 Å². The zero-order chi connectivity index (χ0) is 39.6. The number of hydrogen-bond acceptors (Lipinski definition) is 5. The van der Waals surface area contributed by atoms with E-state index in [2.05, 4.69) is 38.2 Å². The van der Waals surface area contributed by atoms with Gasteiger partial charge in [-0.15, -0.1) is 0 Å². The molecule has 0 spiro atoms. The number of esters is 1. The van der Waals surface area contributed by atoms with Gasteiger partial charge in [-0.25, -0.2) is 0 Å². The van der Waals surface area contributed by atoms with E-state index in [1.54, 1.807) is 0 Å². The second kappa shape index (κ2) is 42.7.